The molecule has 1 aromatic heterocycles. The molecule has 4 heteroatoms. The standard InChI is InChI=1S/C11H6ClF2N/c12-10-6-7(4-5-15-10)11-8(13)2-1-3-9(11)14/h1-6H. The Balaban J connectivity index is 2.63. The van der Waals surface area contributed by atoms with E-state index >= 15 is 0 Å². The Hall–Kier alpha value is -1.48. The Morgan fingerprint density at radius 2 is 1.73 bits per heavy atom. The van der Waals surface area contributed by atoms with Gasteiger partial charge >= 0.3 is 0 Å². The Morgan fingerprint density at radius 1 is 1.07 bits per heavy atom. The maximum Gasteiger partial charge on any atom is 0.133 e. The van der Waals surface area contributed by atoms with Crippen LogP contribution in [0.4, 0.5) is 8.78 Å². The van der Waals surface area contributed by atoms with Crippen molar-refractivity contribution in [2.45, 2.75) is 0 Å². The van der Waals surface area contributed by atoms with Gasteiger partial charge in [-0.15, -0.1) is 0 Å². The predicted octanol–water partition coefficient (Wildman–Crippen LogP) is 3.68. The van der Waals surface area contributed by atoms with Crippen LogP contribution in [0, 0.1) is 11.6 Å². The molecule has 0 aliphatic carbocycles. The number of benzene rings is 1. The van der Waals surface area contributed by atoms with Crippen LogP contribution in [-0.2, 0) is 0 Å². The van der Waals surface area contributed by atoms with Gasteiger partial charge in [0.05, 0.1) is 5.56 Å². The summed E-state index contributed by atoms with van der Waals surface area (Å²) in [7, 11) is 0. The lowest BCUT2D eigenvalue weighted by Gasteiger charge is -2.04. The van der Waals surface area contributed by atoms with Crippen molar-refractivity contribution in [2.75, 3.05) is 0 Å². The first-order chi connectivity index (χ1) is 7.18. The average Bonchev–Trinajstić information content (AvgIpc) is 2.17. The van der Waals surface area contributed by atoms with E-state index in [1.807, 2.05) is 0 Å². The molecular formula is C11H6ClF2N. The highest BCUT2D eigenvalue weighted by atomic mass is 35.5. The van der Waals surface area contributed by atoms with Gasteiger partial charge in [0.15, 0.2) is 0 Å². The summed E-state index contributed by atoms with van der Waals surface area (Å²) in [6, 6.07) is 6.65. The normalized spacial score (nSPS) is 10.3. The van der Waals surface area contributed by atoms with E-state index in [0.717, 1.165) is 0 Å². The third-order valence-corrected chi connectivity index (χ3v) is 2.18. The van der Waals surface area contributed by atoms with Crippen LogP contribution < -0.4 is 0 Å². The molecule has 0 atom stereocenters. The molecule has 0 aliphatic rings. The predicted molar refractivity (Wildman–Crippen MR) is 54.6 cm³/mol. The lowest BCUT2D eigenvalue weighted by atomic mass is 10.1. The van der Waals surface area contributed by atoms with Gasteiger partial charge in [-0.25, -0.2) is 13.8 Å². The van der Waals surface area contributed by atoms with E-state index in [1.54, 1.807) is 0 Å². The van der Waals surface area contributed by atoms with E-state index in [-0.39, 0.29) is 10.7 Å². The summed E-state index contributed by atoms with van der Waals surface area (Å²) in [5.74, 6) is -1.23. The van der Waals surface area contributed by atoms with E-state index in [9.17, 15) is 8.78 Å². The number of rotatable bonds is 1. The Morgan fingerprint density at radius 3 is 2.33 bits per heavy atom. The van der Waals surface area contributed by atoms with E-state index in [4.69, 9.17) is 11.6 Å². The molecule has 15 heavy (non-hydrogen) atoms. The molecule has 2 rings (SSSR count). The number of pyridine rings is 1. The third-order valence-electron chi connectivity index (χ3n) is 1.98. The molecule has 1 heterocycles. The van der Waals surface area contributed by atoms with Crippen LogP contribution >= 0.6 is 11.6 Å². The summed E-state index contributed by atoms with van der Waals surface area (Å²) in [4.78, 5) is 3.75. The Kier molecular flexibility index (Phi) is 2.64. The second-order valence-corrected chi connectivity index (χ2v) is 3.35. The van der Waals surface area contributed by atoms with Gasteiger partial charge in [-0.1, -0.05) is 17.7 Å². The van der Waals surface area contributed by atoms with Gasteiger partial charge in [-0.2, -0.15) is 0 Å². The quantitative estimate of drug-likeness (QED) is 0.675. The lowest BCUT2D eigenvalue weighted by Crippen LogP contribution is -1.89. The monoisotopic (exact) mass is 225 g/mol. The van der Waals surface area contributed by atoms with Gasteiger partial charge in [-0.3, -0.25) is 0 Å². The fraction of sp³-hybridized carbons (Fsp3) is 0. The van der Waals surface area contributed by atoms with Crippen molar-refractivity contribution in [3.63, 3.8) is 0 Å². The largest absolute Gasteiger partial charge is 0.245 e. The minimum Gasteiger partial charge on any atom is -0.245 e. The van der Waals surface area contributed by atoms with Crippen molar-refractivity contribution in [2.24, 2.45) is 0 Å². The first-order valence-corrected chi connectivity index (χ1v) is 4.62. The average molecular weight is 226 g/mol. The number of halogens is 3. The maximum atomic E-state index is 13.4. The van der Waals surface area contributed by atoms with Crippen molar-refractivity contribution >= 4 is 11.6 Å². The van der Waals surface area contributed by atoms with Crippen molar-refractivity contribution in [1.82, 2.24) is 4.98 Å². The first-order valence-electron chi connectivity index (χ1n) is 4.24. The highest BCUT2D eigenvalue weighted by Crippen LogP contribution is 2.26. The molecule has 0 fully saturated rings. The van der Waals surface area contributed by atoms with Gasteiger partial charge < -0.3 is 0 Å². The molecule has 1 nitrogen and oxygen atoms in total. The molecule has 0 N–H and O–H groups in total. The molecule has 1 aromatic carbocycles. The van der Waals surface area contributed by atoms with Gasteiger partial charge in [-0.05, 0) is 29.8 Å². The Labute approximate surface area is 90.3 Å². The third kappa shape index (κ3) is 1.97. The van der Waals surface area contributed by atoms with Gasteiger partial charge in [0.1, 0.15) is 16.8 Å². The Bertz CT molecular complexity index is 479. The van der Waals surface area contributed by atoms with E-state index in [1.165, 1.54) is 36.5 Å². The second kappa shape index (κ2) is 3.95. The molecule has 76 valence electrons. The van der Waals surface area contributed by atoms with Crippen molar-refractivity contribution in [3.8, 4) is 11.1 Å². The van der Waals surface area contributed by atoms with Gasteiger partial charge in [0.25, 0.3) is 0 Å². The van der Waals surface area contributed by atoms with Crippen LogP contribution in [0.1, 0.15) is 0 Å². The molecular weight excluding hydrogens is 220 g/mol. The van der Waals surface area contributed by atoms with Crippen LogP contribution in [0.5, 0.6) is 0 Å². The van der Waals surface area contributed by atoms with Crippen molar-refractivity contribution in [1.29, 1.82) is 0 Å². The molecule has 0 saturated carbocycles. The SMILES string of the molecule is Fc1cccc(F)c1-c1ccnc(Cl)c1. The fourth-order valence-electron chi connectivity index (χ4n) is 1.33. The molecule has 0 aliphatic heterocycles. The second-order valence-electron chi connectivity index (χ2n) is 2.96. The van der Waals surface area contributed by atoms with Gasteiger partial charge in [0, 0.05) is 6.20 Å². The van der Waals surface area contributed by atoms with Crippen molar-refractivity contribution in [3.05, 3.63) is 53.3 Å². The van der Waals surface area contributed by atoms with Crippen LogP contribution in [0.2, 0.25) is 5.15 Å². The van der Waals surface area contributed by atoms with E-state index in [2.05, 4.69) is 4.98 Å². The maximum absolute atomic E-state index is 13.4. The highest BCUT2D eigenvalue weighted by Gasteiger charge is 2.10. The number of nitrogens with zero attached hydrogens (tertiary/aromatic N) is 1. The summed E-state index contributed by atoms with van der Waals surface area (Å²) in [6.07, 6.45) is 1.41. The van der Waals surface area contributed by atoms with E-state index < -0.39 is 11.6 Å². The zero-order chi connectivity index (χ0) is 10.8. The topological polar surface area (TPSA) is 12.9 Å². The molecule has 0 amide bonds. The molecule has 0 saturated heterocycles. The van der Waals surface area contributed by atoms with Crippen LogP contribution in [0.3, 0.4) is 0 Å². The summed E-state index contributed by atoms with van der Waals surface area (Å²) in [6.45, 7) is 0. The molecule has 0 bridgehead atoms. The zero-order valence-corrected chi connectivity index (χ0v) is 8.30. The summed E-state index contributed by atoms with van der Waals surface area (Å²) < 4.78 is 26.7. The van der Waals surface area contributed by atoms with E-state index in [0.29, 0.717) is 5.56 Å². The minimum atomic E-state index is -0.614. The molecule has 0 radical (unpaired) electrons. The van der Waals surface area contributed by atoms with Crippen LogP contribution in [-0.4, -0.2) is 4.98 Å². The summed E-state index contributed by atoms with van der Waals surface area (Å²) in [5.41, 5.74) is 0.299. The fourth-order valence-corrected chi connectivity index (χ4v) is 1.51. The highest BCUT2D eigenvalue weighted by molar-refractivity contribution is 6.29. The van der Waals surface area contributed by atoms with Crippen molar-refractivity contribution < 1.29 is 8.78 Å². The lowest BCUT2D eigenvalue weighted by molar-refractivity contribution is 0.589. The number of hydrogen-bond acceptors (Lipinski definition) is 1. The molecule has 0 unspecified atom stereocenters. The summed E-state index contributed by atoms with van der Waals surface area (Å²) in [5, 5.41) is 0.204. The smallest absolute Gasteiger partial charge is 0.133 e. The minimum absolute atomic E-state index is 0.0817. The van der Waals surface area contributed by atoms with Gasteiger partial charge in [0.2, 0.25) is 0 Å². The number of aromatic nitrogens is 1. The zero-order valence-electron chi connectivity index (χ0n) is 7.55. The van der Waals surface area contributed by atoms with Crippen LogP contribution in [0.25, 0.3) is 11.1 Å². The first kappa shape index (κ1) is 10.1. The molecule has 0 spiro atoms. The summed E-state index contributed by atoms with van der Waals surface area (Å²) >= 11 is 5.64. The van der Waals surface area contributed by atoms with Crippen LogP contribution in [0.15, 0.2) is 36.5 Å². The number of hydrogen-bond donors (Lipinski definition) is 0. The molecule has 2 aromatic rings.